The number of carboxylic acids is 1. The molecule has 33 heavy (non-hydrogen) atoms. The number of carboxylic acid groups (broad SMARTS) is 1. The smallest absolute Gasteiger partial charge is 0.330 e. The van der Waals surface area contributed by atoms with Crippen LogP contribution in [-0.4, -0.2) is 22.1 Å². The number of carbonyl (C=O) groups is 2. The molecule has 0 heterocycles. The highest BCUT2D eigenvalue weighted by Crippen LogP contribution is 2.39. The van der Waals surface area contributed by atoms with E-state index in [1.165, 1.54) is 0 Å². The molecule has 8 heteroatoms. The zero-order valence-electron chi connectivity index (χ0n) is 18.0. The topological polar surface area (TPSA) is 95.9 Å². The monoisotopic (exact) mass is 575 g/mol. The van der Waals surface area contributed by atoms with E-state index in [-0.39, 0.29) is 18.1 Å². The van der Waals surface area contributed by atoms with Gasteiger partial charge in [-0.25, -0.2) is 4.79 Å². The summed E-state index contributed by atoms with van der Waals surface area (Å²) >= 11 is 6.98. The zero-order valence-corrected chi connectivity index (χ0v) is 21.2. The van der Waals surface area contributed by atoms with Gasteiger partial charge in [-0.1, -0.05) is 44.2 Å². The number of ether oxygens (including phenoxy) is 1. The van der Waals surface area contributed by atoms with E-state index in [4.69, 9.17) is 4.74 Å². The molecule has 0 unspecified atom stereocenters. The highest BCUT2D eigenvalue weighted by atomic mass is 79.9. The Bertz CT molecular complexity index is 1140. The minimum absolute atomic E-state index is 0.00913. The van der Waals surface area contributed by atoms with E-state index in [1.54, 1.807) is 60.7 Å². The first-order chi connectivity index (χ1) is 15.7. The molecule has 3 rings (SSSR count). The molecule has 0 bridgehead atoms. The molecule has 6 nitrogen and oxygen atoms in total. The number of benzene rings is 3. The number of aromatic hydroxyl groups is 1. The van der Waals surface area contributed by atoms with Crippen molar-refractivity contribution in [2.45, 2.75) is 32.2 Å². The third-order valence-corrected chi connectivity index (χ3v) is 6.13. The van der Waals surface area contributed by atoms with Crippen LogP contribution in [0.15, 0.2) is 69.6 Å². The zero-order chi connectivity index (χ0) is 24.1. The Kier molecular flexibility index (Phi) is 8.15. The van der Waals surface area contributed by atoms with E-state index in [9.17, 15) is 19.8 Å². The van der Waals surface area contributed by atoms with Crippen LogP contribution in [-0.2, 0) is 16.0 Å². The lowest BCUT2D eigenvalue weighted by molar-refractivity contribution is -0.141. The molecule has 1 atom stereocenters. The van der Waals surface area contributed by atoms with E-state index in [0.717, 1.165) is 5.56 Å². The maximum absolute atomic E-state index is 12.6. The fourth-order valence-corrected chi connectivity index (χ4v) is 4.76. The first-order valence-corrected chi connectivity index (χ1v) is 11.8. The van der Waals surface area contributed by atoms with Crippen molar-refractivity contribution in [3.8, 4) is 17.2 Å². The highest BCUT2D eigenvalue weighted by molar-refractivity contribution is 9.11. The van der Waals surface area contributed by atoms with Crippen LogP contribution < -0.4 is 10.1 Å². The molecule has 0 aliphatic carbocycles. The lowest BCUT2D eigenvalue weighted by atomic mass is 10.0. The molecular weight excluding hydrogens is 554 g/mol. The summed E-state index contributed by atoms with van der Waals surface area (Å²) in [5.74, 6) is -0.115. The summed E-state index contributed by atoms with van der Waals surface area (Å²) in [6, 6.07) is 16.0. The quantitative estimate of drug-likeness (QED) is 0.292. The van der Waals surface area contributed by atoms with E-state index in [2.05, 4.69) is 37.2 Å². The summed E-state index contributed by atoms with van der Waals surface area (Å²) in [7, 11) is 0. The molecule has 0 saturated carbocycles. The second kappa shape index (κ2) is 10.9. The molecule has 3 N–H and O–H groups in total. The molecule has 0 saturated heterocycles. The van der Waals surface area contributed by atoms with Gasteiger partial charge in [0.25, 0.3) is 0 Å². The van der Waals surface area contributed by atoms with Crippen LogP contribution in [0.4, 0.5) is 0 Å². The van der Waals surface area contributed by atoms with Crippen molar-refractivity contribution in [3.63, 3.8) is 0 Å². The molecule has 3 aromatic carbocycles. The molecule has 172 valence electrons. The molecule has 0 radical (unpaired) electrons. The Morgan fingerprint density at radius 1 is 1.00 bits per heavy atom. The summed E-state index contributed by atoms with van der Waals surface area (Å²) in [6.07, 6.45) is -0.00913. The molecule has 1 amide bonds. The van der Waals surface area contributed by atoms with Crippen LogP contribution in [0.2, 0.25) is 0 Å². The summed E-state index contributed by atoms with van der Waals surface area (Å²) in [5.41, 5.74) is 1.95. The van der Waals surface area contributed by atoms with Gasteiger partial charge in [-0.05, 0) is 79.2 Å². The number of hydrogen-bond acceptors (Lipinski definition) is 4. The summed E-state index contributed by atoms with van der Waals surface area (Å²) in [4.78, 5) is 24.2. The number of phenols is 1. The van der Waals surface area contributed by atoms with Crippen LogP contribution >= 0.6 is 31.9 Å². The fourth-order valence-electron chi connectivity index (χ4n) is 3.32. The third-order valence-electron chi connectivity index (χ3n) is 4.95. The Hall–Kier alpha value is -2.84. The minimum atomic E-state index is -1.13. The van der Waals surface area contributed by atoms with Gasteiger partial charge >= 0.3 is 5.97 Å². The Labute approximate surface area is 208 Å². The van der Waals surface area contributed by atoms with Gasteiger partial charge in [0.2, 0.25) is 5.91 Å². The summed E-state index contributed by atoms with van der Waals surface area (Å²) < 4.78 is 7.26. The maximum Gasteiger partial charge on any atom is 0.330 e. The van der Waals surface area contributed by atoms with Crippen molar-refractivity contribution in [1.82, 2.24) is 5.32 Å². The number of amides is 1. The predicted molar refractivity (Wildman–Crippen MR) is 133 cm³/mol. The number of aliphatic carboxylic acids is 1. The number of nitrogens with one attached hydrogen (secondary N) is 1. The van der Waals surface area contributed by atoms with Gasteiger partial charge in [-0.2, -0.15) is 0 Å². The third kappa shape index (κ3) is 6.36. The normalized spacial score (nSPS) is 11.8. The van der Waals surface area contributed by atoms with Gasteiger partial charge in [0.1, 0.15) is 11.5 Å². The average Bonchev–Trinajstić information content (AvgIpc) is 2.76. The Balaban J connectivity index is 1.75. The predicted octanol–water partition coefficient (Wildman–Crippen LogP) is 6.32. The lowest BCUT2D eigenvalue weighted by Gasteiger charge is -2.16. The van der Waals surface area contributed by atoms with Gasteiger partial charge in [-0.15, -0.1) is 0 Å². The van der Waals surface area contributed by atoms with Gasteiger partial charge in [0.05, 0.1) is 15.4 Å². The van der Waals surface area contributed by atoms with Crippen LogP contribution in [0.5, 0.6) is 17.2 Å². The van der Waals surface area contributed by atoms with Gasteiger partial charge < -0.3 is 20.3 Å². The van der Waals surface area contributed by atoms with E-state index >= 15 is 0 Å². The average molecular weight is 577 g/mol. The Morgan fingerprint density at radius 2 is 1.64 bits per heavy atom. The van der Waals surface area contributed by atoms with E-state index in [0.29, 0.717) is 31.6 Å². The number of halogens is 2. The van der Waals surface area contributed by atoms with Crippen molar-refractivity contribution in [1.29, 1.82) is 0 Å². The van der Waals surface area contributed by atoms with Crippen molar-refractivity contribution in [2.75, 3.05) is 0 Å². The largest absolute Gasteiger partial charge is 0.508 e. The van der Waals surface area contributed by atoms with Gasteiger partial charge in [-0.3, -0.25) is 4.79 Å². The highest BCUT2D eigenvalue weighted by Gasteiger charge is 2.22. The van der Waals surface area contributed by atoms with Crippen LogP contribution in [0, 0.1) is 0 Å². The maximum atomic E-state index is 12.6. The molecule has 0 aliphatic rings. The van der Waals surface area contributed by atoms with Gasteiger partial charge in [0, 0.05) is 5.56 Å². The van der Waals surface area contributed by atoms with Crippen molar-refractivity contribution >= 4 is 43.7 Å². The second-order valence-corrected chi connectivity index (χ2v) is 9.50. The number of phenolic OH excluding ortho intramolecular Hbond substituents is 1. The van der Waals surface area contributed by atoms with Crippen molar-refractivity contribution < 1.29 is 24.5 Å². The lowest BCUT2D eigenvalue weighted by Crippen LogP contribution is -2.34. The van der Waals surface area contributed by atoms with Crippen LogP contribution in [0.25, 0.3) is 0 Å². The Morgan fingerprint density at radius 3 is 2.21 bits per heavy atom. The number of carbonyl (C=O) groups excluding carboxylic acids is 1. The van der Waals surface area contributed by atoms with E-state index in [1.807, 2.05) is 13.8 Å². The molecule has 0 fully saturated rings. The van der Waals surface area contributed by atoms with Crippen molar-refractivity contribution in [2.24, 2.45) is 0 Å². The molecule has 0 aromatic heterocycles. The molecule has 0 spiro atoms. The first kappa shape index (κ1) is 24.8. The van der Waals surface area contributed by atoms with Gasteiger partial charge in [0.15, 0.2) is 11.8 Å². The molecule has 3 aromatic rings. The van der Waals surface area contributed by atoms with E-state index < -0.39 is 17.9 Å². The summed E-state index contributed by atoms with van der Waals surface area (Å²) in [5, 5.41) is 22.1. The number of hydrogen-bond donors (Lipinski definition) is 3. The summed E-state index contributed by atoms with van der Waals surface area (Å²) in [6.45, 7) is 3.97. The molecular formula is C25H23Br2NO5. The van der Waals surface area contributed by atoms with Crippen LogP contribution in [0.3, 0.4) is 0 Å². The SMILES string of the molecule is CC(C)c1cc(Oc2c(Br)cc(CC(=O)N[C@H](C(=O)O)c3ccccc3)cc2Br)ccc1O. The second-order valence-electron chi connectivity index (χ2n) is 7.79. The first-order valence-electron chi connectivity index (χ1n) is 10.2. The van der Waals surface area contributed by atoms with Crippen LogP contribution in [0.1, 0.15) is 42.5 Å². The fraction of sp³-hybridized carbons (Fsp3) is 0.200. The van der Waals surface area contributed by atoms with Crippen molar-refractivity contribution in [3.05, 3.63) is 86.3 Å². The number of rotatable bonds is 8. The standard InChI is InChI=1S/C25H23Br2NO5/c1-14(2)18-13-17(8-9-21(18)29)33-24-19(26)10-15(11-20(24)27)12-22(30)28-23(25(31)32)16-6-4-3-5-7-16/h3-11,13-14,23,29H,12H2,1-2H3,(H,28,30)(H,31,32)/t23-/m0/s1. The minimum Gasteiger partial charge on any atom is -0.508 e. The molecule has 0 aliphatic heterocycles.